The van der Waals surface area contributed by atoms with Crippen molar-refractivity contribution < 1.29 is 14.6 Å². The maximum atomic E-state index is 10.7. The van der Waals surface area contributed by atoms with E-state index in [1.54, 1.807) is 0 Å². The van der Waals surface area contributed by atoms with Gasteiger partial charge in [-0.15, -0.1) is 0 Å². The highest BCUT2D eigenvalue weighted by molar-refractivity contribution is 5.57. The Hall–Kier alpha value is -1.77. The van der Waals surface area contributed by atoms with Crippen molar-refractivity contribution in [3.05, 3.63) is 47.5 Å². The summed E-state index contributed by atoms with van der Waals surface area (Å²) in [6, 6.07) is 8.20. The van der Waals surface area contributed by atoms with Crippen molar-refractivity contribution in [2.24, 2.45) is 0 Å². The third kappa shape index (κ3) is 2.87. The number of carbonyl (C=O) groups is 1. The molecule has 0 radical (unpaired) electrons. The Morgan fingerprint density at radius 3 is 2.53 bits per heavy atom. The number of benzene rings is 1. The summed E-state index contributed by atoms with van der Waals surface area (Å²) < 4.78 is 4.95. The number of hydrogen-bond donors (Lipinski definition) is 1. The van der Waals surface area contributed by atoms with Crippen LogP contribution in [0.15, 0.2) is 36.4 Å². The van der Waals surface area contributed by atoms with Gasteiger partial charge in [0.2, 0.25) is 0 Å². The molecule has 0 saturated heterocycles. The number of aryl methyl sites for hydroxylation is 1. The lowest BCUT2D eigenvalue weighted by molar-refractivity contribution is 0.0392. The van der Waals surface area contributed by atoms with Crippen molar-refractivity contribution in [1.29, 1.82) is 0 Å². The lowest BCUT2D eigenvalue weighted by atomic mass is 9.85. The fourth-order valence-electron chi connectivity index (χ4n) is 2.21. The van der Waals surface area contributed by atoms with Crippen LogP contribution in [-0.2, 0) is 4.74 Å². The zero-order valence-corrected chi connectivity index (χ0v) is 9.80. The molecule has 1 aliphatic carbocycles. The van der Waals surface area contributed by atoms with Crippen molar-refractivity contribution in [1.82, 2.24) is 0 Å². The van der Waals surface area contributed by atoms with Crippen LogP contribution in [-0.4, -0.2) is 17.4 Å². The van der Waals surface area contributed by atoms with E-state index in [2.05, 4.69) is 18.2 Å². The Labute approximate surface area is 101 Å². The summed E-state index contributed by atoms with van der Waals surface area (Å²) in [5.74, 6) is 0.136. The zero-order valence-electron chi connectivity index (χ0n) is 9.80. The Balaban J connectivity index is 2.19. The summed E-state index contributed by atoms with van der Waals surface area (Å²) >= 11 is 0. The van der Waals surface area contributed by atoms with Gasteiger partial charge in [0, 0.05) is 12.3 Å². The van der Waals surface area contributed by atoms with Gasteiger partial charge in [0.15, 0.2) is 0 Å². The van der Waals surface area contributed by atoms with E-state index in [0.29, 0.717) is 6.42 Å². The molecule has 17 heavy (non-hydrogen) atoms. The van der Waals surface area contributed by atoms with Crippen LogP contribution in [0.25, 0.3) is 0 Å². The number of rotatable bonds is 2. The van der Waals surface area contributed by atoms with Gasteiger partial charge in [-0.05, 0) is 18.9 Å². The van der Waals surface area contributed by atoms with Gasteiger partial charge in [-0.3, -0.25) is 0 Å². The number of hydrogen-bond acceptors (Lipinski definition) is 2. The summed E-state index contributed by atoms with van der Waals surface area (Å²) in [7, 11) is 0. The first kappa shape index (κ1) is 11.7. The maximum Gasteiger partial charge on any atom is 0.506 e. The van der Waals surface area contributed by atoms with E-state index < -0.39 is 6.16 Å². The SMILES string of the molecule is Cc1ccc([C@H]2CC=CC[C@@H]2OC(=O)O)cc1. The van der Waals surface area contributed by atoms with E-state index in [4.69, 9.17) is 9.84 Å². The van der Waals surface area contributed by atoms with Gasteiger partial charge in [0.1, 0.15) is 6.10 Å². The second-order valence-corrected chi connectivity index (χ2v) is 4.38. The first-order chi connectivity index (χ1) is 8.16. The van der Waals surface area contributed by atoms with Gasteiger partial charge < -0.3 is 9.84 Å². The predicted molar refractivity (Wildman–Crippen MR) is 65.2 cm³/mol. The molecular weight excluding hydrogens is 216 g/mol. The largest absolute Gasteiger partial charge is 0.506 e. The minimum atomic E-state index is -1.19. The molecule has 2 rings (SSSR count). The van der Waals surface area contributed by atoms with Crippen LogP contribution in [0.5, 0.6) is 0 Å². The standard InChI is InChI=1S/C14H16O3/c1-10-6-8-11(9-7-10)12-4-2-3-5-13(12)17-14(15)16/h2-3,6-9,12-13H,4-5H2,1H3,(H,15,16)/t12-,13+/m1/s1. The molecule has 0 unspecified atom stereocenters. The highest BCUT2D eigenvalue weighted by Gasteiger charge is 2.27. The molecule has 1 aromatic rings. The normalized spacial score (nSPS) is 23.4. The molecule has 0 fully saturated rings. The van der Waals surface area contributed by atoms with E-state index in [1.807, 2.05) is 25.1 Å². The average molecular weight is 232 g/mol. The van der Waals surface area contributed by atoms with Crippen molar-refractivity contribution in [3.8, 4) is 0 Å². The van der Waals surface area contributed by atoms with Gasteiger partial charge in [-0.1, -0.05) is 42.0 Å². The Morgan fingerprint density at radius 2 is 1.88 bits per heavy atom. The van der Waals surface area contributed by atoms with Crippen molar-refractivity contribution >= 4 is 6.16 Å². The van der Waals surface area contributed by atoms with Gasteiger partial charge in [-0.25, -0.2) is 4.79 Å². The molecular formula is C14H16O3. The van der Waals surface area contributed by atoms with Gasteiger partial charge in [0.25, 0.3) is 0 Å². The van der Waals surface area contributed by atoms with E-state index in [1.165, 1.54) is 5.56 Å². The fraction of sp³-hybridized carbons (Fsp3) is 0.357. The van der Waals surface area contributed by atoms with Crippen LogP contribution in [0.2, 0.25) is 0 Å². The van der Waals surface area contributed by atoms with Crippen LogP contribution in [0.3, 0.4) is 0 Å². The molecule has 2 atom stereocenters. The Kier molecular flexibility index (Phi) is 3.47. The molecule has 0 spiro atoms. The second-order valence-electron chi connectivity index (χ2n) is 4.38. The summed E-state index contributed by atoms with van der Waals surface area (Å²) in [4.78, 5) is 10.7. The number of ether oxygens (including phenoxy) is 1. The molecule has 0 aromatic heterocycles. The lowest BCUT2D eigenvalue weighted by Gasteiger charge is -2.27. The minimum Gasteiger partial charge on any atom is -0.450 e. The van der Waals surface area contributed by atoms with Crippen LogP contribution in [0.1, 0.15) is 29.9 Å². The summed E-state index contributed by atoms with van der Waals surface area (Å²) in [6.45, 7) is 2.04. The monoisotopic (exact) mass is 232 g/mol. The number of carboxylic acid groups (broad SMARTS) is 1. The highest BCUT2D eigenvalue weighted by atomic mass is 16.7. The van der Waals surface area contributed by atoms with E-state index in [9.17, 15) is 4.79 Å². The Bertz CT molecular complexity index is 420. The van der Waals surface area contributed by atoms with E-state index >= 15 is 0 Å². The van der Waals surface area contributed by atoms with Gasteiger partial charge >= 0.3 is 6.16 Å². The van der Waals surface area contributed by atoms with Crippen LogP contribution < -0.4 is 0 Å². The maximum absolute atomic E-state index is 10.7. The van der Waals surface area contributed by atoms with Crippen LogP contribution >= 0.6 is 0 Å². The molecule has 1 aliphatic rings. The quantitative estimate of drug-likeness (QED) is 0.627. The fourth-order valence-corrected chi connectivity index (χ4v) is 2.21. The van der Waals surface area contributed by atoms with E-state index in [-0.39, 0.29) is 12.0 Å². The molecule has 90 valence electrons. The molecule has 0 saturated carbocycles. The highest BCUT2D eigenvalue weighted by Crippen LogP contribution is 2.31. The van der Waals surface area contributed by atoms with E-state index in [0.717, 1.165) is 12.0 Å². The zero-order chi connectivity index (χ0) is 12.3. The molecule has 0 heterocycles. The van der Waals surface area contributed by atoms with Crippen molar-refractivity contribution in [3.63, 3.8) is 0 Å². The molecule has 3 nitrogen and oxygen atoms in total. The third-order valence-electron chi connectivity index (χ3n) is 3.13. The second kappa shape index (κ2) is 5.04. The van der Waals surface area contributed by atoms with Crippen molar-refractivity contribution in [2.45, 2.75) is 31.8 Å². The van der Waals surface area contributed by atoms with Gasteiger partial charge in [0.05, 0.1) is 0 Å². The average Bonchev–Trinajstić information content (AvgIpc) is 2.30. The smallest absolute Gasteiger partial charge is 0.450 e. The minimum absolute atomic E-state index is 0.136. The molecule has 0 aliphatic heterocycles. The van der Waals surface area contributed by atoms with Gasteiger partial charge in [-0.2, -0.15) is 0 Å². The summed E-state index contributed by atoms with van der Waals surface area (Å²) in [5.41, 5.74) is 2.35. The Morgan fingerprint density at radius 1 is 1.24 bits per heavy atom. The molecule has 1 aromatic carbocycles. The summed E-state index contributed by atoms with van der Waals surface area (Å²) in [5, 5.41) is 8.73. The molecule has 3 heteroatoms. The molecule has 0 amide bonds. The predicted octanol–water partition coefficient (Wildman–Crippen LogP) is 3.49. The molecule has 1 N–H and O–H groups in total. The van der Waals surface area contributed by atoms with Crippen molar-refractivity contribution in [2.75, 3.05) is 0 Å². The summed E-state index contributed by atoms with van der Waals surface area (Å²) in [6.07, 6.45) is 4.11. The van der Waals surface area contributed by atoms with Crippen LogP contribution in [0.4, 0.5) is 4.79 Å². The molecule has 0 bridgehead atoms. The first-order valence-electron chi connectivity index (χ1n) is 5.78. The lowest BCUT2D eigenvalue weighted by Crippen LogP contribution is -2.26. The third-order valence-corrected chi connectivity index (χ3v) is 3.13. The topological polar surface area (TPSA) is 46.5 Å². The number of allylic oxidation sites excluding steroid dienone is 1. The van der Waals surface area contributed by atoms with Crippen LogP contribution in [0, 0.1) is 6.92 Å². The first-order valence-corrected chi connectivity index (χ1v) is 5.78.